The maximum absolute atomic E-state index is 14.4. The molecule has 0 atom stereocenters. The van der Waals surface area contributed by atoms with Crippen LogP contribution >= 0.6 is 11.6 Å². The molecule has 35 heavy (non-hydrogen) atoms. The fourth-order valence-electron chi connectivity index (χ4n) is 4.67. The lowest BCUT2D eigenvalue weighted by atomic mass is 9.99. The van der Waals surface area contributed by atoms with Gasteiger partial charge in [0.15, 0.2) is 0 Å². The summed E-state index contributed by atoms with van der Waals surface area (Å²) in [5.74, 6) is -1.23. The molecule has 0 N–H and O–H groups in total. The van der Waals surface area contributed by atoms with E-state index in [4.69, 9.17) is 16.3 Å². The summed E-state index contributed by atoms with van der Waals surface area (Å²) in [6.07, 6.45) is -3.55. The van der Waals surface area contributed by atoms with E-state index >= 15 is 0 Å². The lowest BCUT2D eigenvalue weighted by molar-refractivity contribution is -0.143. The fraction of sp³-hybridized carbons (Fsp3) is 0.346. The van der Waals surface area contributed by atoms with Gasteiger partial charge in [0, 0.05) is 38.4 Å². The van der Waals surface area contributed by atoms with E-state index in [0.29, 0.717) is 31.6 Å². The van der Waals surface area contributed by atoms with E-state index in [1.165, 1.54) is 24.0 Å². The largest absolute Gasteiger partial charge is 0.431 e. The van der Waals surface area contributed by atoms with Gasteiger partial charge in [-0.3, -0.25) is 4.79 Å². The van der Waals surface area contributed by atoms with Crippen molar-refractivity contribution in [3.63, 3.8) is 0 Å². The molecule has 4 nitrogen and oxygen atoms in total. The molecule has 0 saturated carbocycles. The number of aromatic nitrogens is 1. The quantitative estimate of drug-likeness (QED) is 0.365. The van der Waals surface area contributed by atoms with E-state index in [0.717, 1.165) is 10.6 Å². The summed E-state index contributed by atoms with van der Waals surface area (Å²) in [4.78, 5) is 15.4. The molecule has 0 spiro atoms. The van der Waals surface area contributed by atoms with E-state index in [1.54, 1.807) is 37.4 Å². The first-order valence-corrected chi connectivity index (χ1v) is 11.6. The van der Waals surface area contributed by atoms with Crippen LogP contribution in [0.4, 0.5) is 17.6 Å². The van der Waals surface area contributed by atoms with Gasteiger partial charge in [0.2, 0.25) is 0 Å². The summed E-state index contributed by atoms with van der Waals surface area (Å²) in [7, 11) is 1.60. The second kappa shape index (κ2) is 10.0. The monoisotopic (exact) mass is 508 g/mol. The lowest BCUT2D eigenvalue weighted by Crippen LogP contribution is -2.41. The number of alkyl halides is 3. The summed E-state index contributed by atoms with van der Waals surface area (Å²) in [6.45, 7) is 2.12. The van der Waals surface area contributed by atoms with Crippen LogP contribution in [0, 0.1) is 12.7 Å². The van der Waals surface area contributed by atoms with Crippen LogP contribution in [0.2, 0.25) is 5.02 Å². The second-order valence-electron chi connectivity index (χ2n) is 8.66. The van der Waals surface area contributed by atoms with Gasteiger partial charge in [-0.05, 0) is 48.6 Å². The molecule has 1 aliphatic rings. The van der Waals surface area contributed by atoms with E-state index in [-0.39, 0.29) is 40.0 Å². The minimum atomic E-state index is -4.73. The third-order valence-corrected chi connectivity index (χ3v) is 6.72. The summed E-state index contributed by atoms with van der Waals surface area (Å²) in [5.41, 5.74) is -0.177. The highest BCUT2D eigenvalue weighted by Gasteiger charge is 2.42. The van der Waals surface area contributed by atoms with Gasteiger partial charge in [0.25, 0.3) is 5.91 Å². The second-order valence-corrected chi connectivity index (χ2v) is 9.06. The Hall–Kier alpha value is -2.84. The number of hydrogen-bond acceptors (Lipinski definition) is 2. The molecule has 186 valence electrons. The number of benzene rings is 2. The number of carbonyl (C=O) groups excluding carboxylic acids is 1. The van der Waals surface area contributed by atoms with Gasteiger partial charge in [0.05, 0.1) is 5.02 Å². The Morgan fingerprint density at radius 1 is 1.14 bits per heavy atom. The molecule has 3 aromatic rings. The van der Waals surface area contributed by atoms with Crippen molar-refractivity contribution < 1.29 is 27.1 Å². The highest BCUT2D eigenvalue weighted by Crippen LogP contribution is 2.42. The van der Waals surface area contributed by atoms with E-state index < -0.39 is 23.6 Å². The average Bonchev–Trinajstić information content (AvgIpc) is 3.13. The van der Waals surface area contributed by atoms with Gasteiger partial charge in [-0.15, -0.1) is 0 Å². The molecule has 9 heteroatoms. The topological polar surface area (TPSA) is 34.5 Å². The van der Waals surface area contributed by atoms with Crippen molar-refractivity contribution in [1.29, 1.82) is 0 Å². The Kier molecular flexibility index (Phi) is 7.24. The molecular formula is C26H25ClF4N2O2. The standard InChI is InChI=1S/C26H25ClF4N2O2/c1-16-22(18-8-9-21(28)20(27)14-18)23(25(34)32(2)19-10-12-35-13-11-19)33(24(16)26(29,30)31)15-17-6-4-3-5-7-17/h3-9,14,19H,10-13,15H2,1-2H3. The van der Waals surface area contributed by atoms with E-state index in [1.807, 2.05) is 0 Å². The van der Waals surface area contributed by atoms with Crippen molar-refractivity contribution in [1.82, 2.24) is 9.47 Å². The zero-order valence-corrected chi connectivity index (χ0v) is 20.1. The van der Waals surface area contributed by atoms with Gasteiger partial charge >= 0.3 is 6.18 Å². The van der Waals surface area contributed by atoms with Crippen molar-refractivity contribution in [2.45, 2.75) is 38.5 Å². The molecular weight excluding hydrogens is 484 g/mol. The minimum Gasteiger partial charge on any atom is -0.381 e. The van der Waals surface area contributed by atoms with Crippen LogP contribution in [0.25, 0.3) is 11.1 Å². The summed E-state index contributed by atoms with van der Waals surface area (Å²) in [5, 5.41) is -0.234. The first-order valence-electron chi connectivity index (χ1n) is 11.2. The van der Waals surface area contributed by atoms with Gasteiger partial charge in [0.1, 0.15) is 17.2 Å². The molecule has 0 aliphatic carbocycles. The van der Waals surface area contributed by atoms with Crippen molar-refractivity contribution in [3.8, 4) is 11.1 Å². The Balaban J connectivity index is 1.97. The molecule has 2 heterocycles. The highest BCUT2D eigenvalue weighted by atomic mass is 35.5. The molecule has 0 radical (unpaired) electrons. The van der Waals surface area contributed by atoms with Crippen LogP contribution in [0.3, 0.4) is 0 Å². The molecule has 0 unspecified atom stereocenters. The zero-order valence-electron chi connectivity index (χ0n) is 19.3. The SMILES string of the molecule is Cc1c(-c2ccc(F)c(Cl)c2)c(C(=O)N(C)C2CCOCC2)n(Cc2ccccc2)c1C(F)(F)F. The zero-order chi connectivity index (χ0) is 25.3. The number of hydrogen-bond donors (Lipinski definition) is 0. The van der Waals surface area contributed by atoms with E-state index in [2.05, 4.69) is 0 Å². The Morgan fingerprint density at radius 2 is 1.80 bits per heavy atom. The number of rotatable bonds is 5. The number of halogens is 5. The first kappa shape index (κ1) is 25.3. The third kappa shape index (κ3) is 5.09. The molecule has 0 bridgehead atoms. The maximum atomic E-state index is 14.4. The van der Waals surface area contributed by atoms with Gasteiger partial charge < -0.3 is 14.2 Å². The number of carbonyl (C=O) groups is 1. The number of nitrogens with zero attached hydrogens (tertiary/aromatic N) is 2. The Bertz CT molecular complexity index is 1220. The molecule has 1 amide bonds. The minimum absolute atomic E-state index is 0.0964. The summed E-state index contributed by atoms with van der Waals surface area (Å²) < 4.78 is 63.6. The molecule has 1 saturated heterocycles. The third-order valence-electron chi connectivity index (χ3n) is 6.43. The number of ether oxygens (including phenoxy) is 1. The lowest BCUT2D eigenvalue weighted by Gasteiger charge is -2.32. The summed E-state index contributed by atoms with van der Waals surface area (Å²) in [6, 6.07) is 12.2. The summed E-state index contributed by atoms with van der Waals surface area (Å²) >= 11 is 5.99. The van der Waals surface area contributed by atoms with E-state index in [9.17, 15) is 22.4 Å². The normalized spacial score (nSPS) is 14.8. The Labute approximate surface area is 206 Å². The molecule has 1 aromatic heterocycles. The van der Waals surface area contributed by atoms with Crippen LogP contribution in [-0.2, 0) is 17.5 Å². The fourth-order valence-corrected chi connectivity index (χ4v) is 4.85. The van der Waals surface area contributed by atoms with Crippen LogP contribution < -0.4 is 0 Å². The van der Waals surface area contributed by atoms with Gasteiger partial charge in [-0.25, -0.2) is 4.39 Å². The molecule has 1 fully saturated rings. The van der Waals surface area contributed by atoms with Crippen LogP contribution in [-0.4, -0.2) is 41.7 Å². The smallest absolute Gasteiger partial charge is 0.381 e. The van der Waals surface area contributed by atoms with Crippen molar-refractivity contribution >= 4 is 17.5 Å². The van der Waals surface area contributed by atoms with Gasteiger partial charge in [-0.1, -0.05) is 48.0 Å². The number of amides is 1. The van der Waals surface area contributed by atoms with Crippen LogP contribution in [0.15, 0.2) is 48.5 Å². The van der Waals surface area contributed by atoms with Crippen molar-refractivity contribution in [2.24, 2.45) is 0 Å². The Morgan fingerprint density at radius 3 is 2.40 bits per heavy atom. The van der Waals surface area contributed by atoms with Crippen LogP contribution in [0.5, 0.6) is 0 Å². The highest BCUT2D eigenvalue weighted by molar-refractivity contribution is 6.31. The molecule has 2 aromatic carbocycles. The van der Waals surface area contributed by atoms with Crippen molar-refractivity contribution in [2.75, 3.05) is 20.3 Å². The van der Waals surface area contributed by atoms with Crippen LogP contribution in [0.1, 0.15) is 40.2 Å². The maximum Gasteiger partial charge on any atom is 0.431 e. The van der Waals surface area contributed by atoms with Crippen molar-refractivity contribution in [3.05, 3.63) is 81.9 Å². The molecule has 4 rings (SSSR count). The first-order chi connectivity index (χ1) is 16.6. The predicted octanol–water partition coefficient (Wildman–Crippen LogP) is 6.57. The molecule has 1 aliphatic heterocycles. The predicted molar refractivity (Wildman–Crippen MR) is 126 cm³/mol. The van der Waals surface area contributed by atoms with Gasteiger partial charge in [-0.2, -0.15) is 13.2 Å². The average molecular weight is 509 g/mol.